The van der Waals surface area contributed by atoms with Crippen molar-refractivity contribution in [1.29, 1.82) is 0 Å². The van der Waals surface area contributed by atoms with E-state index in [1.54, 1.807) is 12.1 Å². The molecule has 2 rings (SSSR count). The molecule has 5 nitrogen and oxygen atoms in total. The average molecular weight is 472 g/mol. The Balaban J connectivity index is -0.000000421. The minimum Gasteiger partial charge on any atom is -0.548 e. The number of phenols is 1. The number of hydrogen-bond donors (Lipinski definition) is 2. The van der Waals surface area contributed by atoms with Crippen LogP contribution in [0.4, 0.5) is 0 Å². The van der Waals surface area contributed by atoms with Gasteiger partial charge in [-0.2, -0.15) is 0 Å². The van der Waals surface area contributed by atoms with Gasteiger partial charge in [-0.1, -0.05) is 67.5 Å². The Kier molecular flexibility index (Phi) is 26.1. The Morgan fingerprint density at radius 3 is 1.55 bits per heavy atom. The van der Waals surface area contributed by atoms with E-state index >= 15 is 0 Å². The summed E-state index contributed by atoms with van der Waals surface area (Å²) in [4.78, 5) is 10.8. The number of carbonyl (C=O) groups excluding carboxylic acids is 1. The molecule has 0 aliphatic carbocycles. The fourth-order valence-electron chi connectivity index (χ4n) is 2.75. The first-order chi connectivity index (χ1) is 15.2. The zero-order valence-corrected chi connectivity index (χ0v) is 25.3. The molecule has 184 valence electrons. The maximum atomic E-state index is 10.8. The van der Waals surface area contributed by atoms with Crippen LogP contribution < -0.4 is 45.1 Å². The molecule has 2 aromatic rings. The summed E-state index contributed by atoms with van der Waals surface area (Å²) >= 11 is 0. The molecule has 2 aromatic carbocycles. The number of ether oxygens (including phenoxy) is 1. The quantitative estimate of drug-likeness (QED) is 0.653. The van der Waals surface area contributed by atoms with Crippen molar-refractivity contribution in [3.05, 3.63) is 52.1 Å². The summed E-state index contributed by atoms with van der Waals surface area (Å²) in [5.74, 6) is 0.363. The molecule has 0 aliphatic rings. The van der Waals surface area contributed by atoms with E-state index < -0.39 is 12.0 Å². The van der Waals surface area contributed by atoms with Crippen LogP contribution in [0.25, 0.3) is 0 Å². The van der Waals surface area contributed by atoms with Crippen LogP contribution in [0.2, 0.25) is 0 Å². The first-order valence-electron chi connectivity index (χ1n) is 11.7. The van der Waals surface area contributed by atoms with Crippen molar-refractivity contribution in [2.45, 2.75) is 95.5 Å². The number of phenolic OH excluding ortho intramolecular Hbond substituents is 1. The van der Waals surface area contributed by atoms with Crippen molar-refractivity contribution in [2.75, 3.05) is 0 Å². The van der Waals surface area contributed by atoms with Crippen LogP contribution in [0.1, 0.15) is 83.2 Å². The molecule has 1 unspecified atom stereocenters. The largest absolute Gasteiger partial charge is 1.00 e. The number of aliphatic carboxylic acids is 1. The van der Waals surface area contributed by atoms with E-state index in [-0.39, 0.29) is 41.7 Å². The number of hydrogen-bond acceptors (Lipinski definition) is 5. The zero-order chi connectivity index (χ0) is 26.0. The van der Waals surface area contributed by atoms with Crippen LogP contribution in [0.3, 0.4) is 0 Å². The van der Waals surface area contributed by atoms with Crippen LogP contribution >= 0.6 is 0 Å². The summed E-state index contributed by atoms with van der Waals surface area (Å²) in [5, 5.41) is 20.6. The maximum Gasteiger partial charge on any atom is 1.00 e. The number of rotatable bonds is 5. The average Bonchev–Trinajstić information content (AvgIpc) is 2.80. The number of nitrogens with two attached hydrogens (primary N) is 1. The van der Waals surface area contributed by atoms with Gasteiger partial charge in [0.05, 0.1) is 5.97 Å². The van der Waals surface area contributed by atoms with Gasteiger partial charge in [-0.05, 0) is 74.1 Å². The van der Waals surface area contributed by atoms with E-state index in [1.807, 2.05) is 95.2 Å². The SMILES string of the molecule is CC.CC.CC.CC.Cc1cc(Oc2c(C)cc(CC(N)C(=O)[O-])cc2C)cc(C)c1O.[Na+]. The van der Waals surface area contributed by atoms with Crippen LogP contribution in [0.5, 0.6) is 17.2 Å². The summed E-state index contributed by atoms with van der Waals surface area (Å²) in [6, 6.07) is 6.26. The molecule has 0 bridgehead atoms. The van der Waals surface area contributed by atoms with Crippen molar-refractivity contribution >= 4 is 5.97 Å². The van der Waals surface area contributed by atoms with Gasteiger partial charge in [0.15, 0.2) is 0 Å². The fourth-order valence-corrected chi connectivity index (χ4v) is 2.75. The monoisotopic (exact) mass is 471 g/mol. The molecule has 1 atom stereocenters. The van der Waals surface area contributed by atoms with E-state index in [4.69, 9.17) is 10.5 Å². The predicted molar refractivity (Wildman–Crippen MR) is 136 cm³/mol. The minimum atomic E-state index is -1.26. The first kappa shape index (κ1) is 38.7. The van der Waals surface area contributed by atoms with Gasteiger partial charge in [-0.25, -0.2) is 0 Å². The second-order valence-electron chi connectivity index (χ2n) is 6.20. The van der Waals surface area contributed by atoms with Gasteiger partial charge >= 0.3 is 29.6 Å². The number of aromatic hydroxyl groups is 1. The third-order valence-electron chi connectivity index (χ3n) is 3.96. The summed E-state index contributed by atoms with van der Waals surface area (Å²) in [5.41, 5.74) is 9.64. The third kappa shape index (κ3) is 13.7. The molecule has 3 N–H and O–H groups in total. The fraction of sp³-hybridized carbons (Fsp3) is 0.519. The molecule has 0 saturated carbocycles. The maximum absolute atomic E-state index is 10.8. The van der Waals surface area contributed by atoms with E-state index in [1.165, 1.54) is 0 Å². The molecule has 0 heterocycles. The number of carboxylic acids is 1. The molecular weight excluding hydrogens is 425 g/mol. The van der Waals surface area contributed by atoms with Crippen LogP contribution in [-0.4, -0.2) is 17.1 Å². The van der Waals surface area contributed by atoms with Crippen LogP contribution in [0.15, 0.2) is 24.3 Å². The Bertz CT molecular complexity index is 746. The number of carboxylic acid groups (broad SMARTS) is 1. The predicted octanol–water partition coefficient (Wildman–Crippen LogP) is 3.15. The van der Waals surface area contributed by atoms with Gasteiger partial charge < -0.3 is 25.5 Å². The summed E-state index contributed by atoms with van der Waals surface area (Å²) in [6.45, 7) is 23.4. The smallest absolute Gasteiger partial charge is 0.548 e. The molecule has 0 spiro atoms. The topological polar surface area (TPSA) is 95.6 Å². The molecule has 0 aromatic heterocycles. The molecule has 0 saturated heterocycles. The second-order valence-corrected chi connectivity index (χ2v) is 6.20. The normalized spacial score (nSPS) is 9.48. The van der Waals surface area contributed by atoms with Crippen molar-refractivity contribution in [3.8, 4) is 17.2 Å². The van der Waals surface area contributed by atoms with Gasteiger partial charge in [-0.15, -0.1) is 0 Å². The van der Waals surface area contributed by atoms with Gasteiger partial charge in [0, 0.05) is 6.04 Å². The van der Waals surface area contributed by atoms with Gasteiger partial charge in [0.2, 0.25) is 0 Å². The van der Waals surface area contributed by atoms with Crippen molar-refractivity contribution < 1.29 is 49.3 Å². The third-order valence-corrected chi connectivity index (χ3v) is 3.96. The Labute approximate surface area is 225 Å². The molecule has 0 aliphatic heterocycles. The Morgan fingerprint density at radius 2 is 1.21 bits per heavy atom. The molecule has 6 heteroatoms. The van der Waals surface area contributed by atoms with Gasteiger partial charge in [0.1, 0.15) is 17.2 Å². The van der Waals surface area contributed by atoms with E-state index in [0.29, 0.717) is 11.5 Å². The van der Waals surface area contributed by atoms with Gasteiger partial charge in [-0.3, -0.25) is 0 Å². The molecule has 0 amide bonds. The van der Waals surface area contributed by atoms with Crippen LogP contribution in [-0.2, 0) is 11.2 Å². The van der Waals surface area contributed by atoms with Gasteiger partial charge in [0.25, 0.3) is 0 Å². The standard InChI is InChI=1S/C19H23NO4.4C2H6.Na/c1-10-7-15(8-11(2)17(10)21)24-18-12(3)5-14(6-13(18)4)9-16(20)19(22)23;4*1-2;/h5-8,16,21H,9,20H2,1-4H3,(H,22,23);4*1-2H3;/q;;;;;+1/p-1. The van der Waals surface area contributed by atoms with E-state index in [2.05, 4.69) is 0 Å². The van der Waals surface area contributed by atoms with Crippen molar-refractivity contribution in [1.82, 2.24) is 0 Å². The number of aryl methyl sites for hydroxylation is 4. The van der Waals surface area contributed by atoms with Crippen molar-refractivity contribution in [2.24, 2.45) is 5.73 Å². The minimum absolute atomic E-state index is 0. The molecule has 0 radical (unpaired) electrons. The summed E-state index contributed by atoms with van der Waals surface area (Å²) in [7, 11) is 0. The van der Waals surface area contributed by atoms with Crippen molar-refractivity contribution in [3.63, 3.8) is 0 Å². The zero-order valence-electron chi connectivity index (χ0n) is 23.3. The first-order valence-corrected chi connectivity index (χ1v) is 11.7. The summed E-state index contributed by atoms with van der Waals surface area (Å²) < 4.78 is 5.99. The Morgan fingerprint density at radius 1 is 0.848 bits per heavy atom. The summed E-state index contributed by atoms with van der Waals surface area (Å²) in [6.07, 6.45) is 0.210. The number of benzene rings is 2. The molecule has 33 heavy (non-hydrogen) atoms. The van der Waals surface area contributed by atoms with E-state index in [9.17, 15) is 15.0 Å². The number of carbonyl (C=O) groups is 1. The molecule has 0 fully saturated rings. The van der Waals surface area contributed by atoms with Crippen LogP contribution in [0, 0.1) is 27.7 Å². The second kappa shape index (κ2) is 22.3. The Hall–Kier alpha value is -1.53. The molecular formula is C27H46NNaO4. The van der Waals surface area contributed by atoms with E-state index in [0.717, 1.165) is 27.8 Å².